The van der Waals surface area contributed by atoms with Crippen LogP contribution in [-0.4, -0.2) is 17.5 Å². The van der Waals surface area contributed by atoms with Crippen LogP contribution in [0.5, 0.6) is 17.2 Å². The maximum atomic E-state index is 13.5. The summed E-state index contributed by atoms with van der Waals surface area (Å²) in [6.07, 6.45) is 5.07. The number of aryl methyl sites for hydroxylation is 1. The minimum absolute atomic E-state index is 0.127. The highest BCUT2D eigenvalue weighted by atomic mass is 16.5. The quantitative estimate of drug-likeness (QED) is 0.361. The Labute approximate surface area is 226 Å². The molecule has 38 heavy (non-hydrogen) atoms. The smallest absolute Gasteiger partial charge is 0.164 e. The van der Waals surface area contributed by atoms with Gasteiger partial charge in [-0.05, 0) is 73.9 Å². The van der Waals surface area contributed by atoms with Gasteiger partial charge in [0.1, 0.15) is 12.4 Å². The van der Waals surface area contributed by atoms with Crippen LogP contribution in [0.4, 0.5) is 0 Å². The van der Waals surface area contributed by atoms with Crippen molar-refractivity contribution in [2.45, 2.75) is 78.7 Å². The Morgan fingerprint density at radius 2 is 1.92 bits per heavy atom. The summed E-state index contributed by atoms with van der Waals surface area (Å²) in [4.78, 5) is 13.5. The molecule has 0 amide bonds. The van der Waals surface area contributed by atoms with Crippen molar-refractivity contribution in [2.75, 3.05) is 6.61 Å². The fraction of sp³-hybridized carbons (Fsp3) is 0.438. The highest BCUT2D eigenvalue weighted by Crippen LogP contribution is 2.46. The standard InChI is InChI=1S/C32H38N2O4/c1-5-9-21-14-27-31(28(36)15-21)30(26(18-33)20(4)34-27)24-16-23(10-6-2)32(29(17-24)37-7-3)38-19-22-11-8-12-25(35)13-22/h8,11-13,16-17,21,30,34-35H,5-7,9-10,14-15,19H2,1-4H3. The van der Waals surface area contributed by atoms with Crippen molar-refractivity contribution < 1.29 is 19.4 Å². The summed E-state index contributed by atoms with van der Waals surface area (Å²) in [5.74, 6) is 1.50. The molecule has 0 saturated carbocycles. The summed E-state index contributed by atoms with van der Waals surface area (Å²) in [5.41, 5.74) is 5.78. The van der Waals surface area contributed by atoms with E-state index in [9.17, 15) is 15.2 Å². The van der Waals surface area contributed by atoms with Crippen molar-refractivity contribution in [3.63, 3.8) is 0 Å². The second-order valence-corrected chi connectivity index (χ2v) is 10.2. The number of ketones is 1. The Balaban J connectivity index is 1.80. The Morgan fingerprint density at radius 3 is 2.61 bits per heavy atom. The molecule has 6 nitrogen and oxygen atoms in total. The summed E-state index contributed by atoms with van der Waals surface area (Å²) in [6.45, 7) is 8.85. The molecule has 4 rings (SSSR count). The fourth-order valence-electron chi connectivity index (χ4n) is 5.75. The summed E-state index contributed by atoms with van der Waals surface area (Å²) < 4.78 is 12.4. The Bertz CT molecular complexity index is 1270. The number of rotatable bonds is 10. The molecule has 1 heterocycles. The molecule has 1 aliphatic carbocycles. The monoisotopic (exact) mass is 514 g/mol. The molecule has 0 radical (unpaired) electrons. The zero-order chi connectivity index (χ0) is 27.2. The summed E-state index contributed by atoms with van der Waals surface area (Å²) in [7, 11) is 0. The van der Waals surface area contributed by atoms with E-state index in [1.807, 2.05) is 26.0 Å². The molecular weight excluding hydrogens is 476 g/mol. The van der Waals surface area contributed by atoms with E-state index in [0.29, 0.717) is 36.0 Å². The third-order valence-corrected chi connectivity index (χ3v) is 7.33. The lowest BCUT2D eigenvalue weighted by molar-refractivity contribution is -0.117. The number of carbonyl (C=O) groups is 1. The van der Waals surface area contributed by atoms with Gasteiger partial charge in [0, 0.05) is 23.4 Å². The van der Waals surface area contributed by atoms with Crippen molar-refractivity contribution in [3.05, 3.63) is 75.6 Å². The fourth-order valence-corrected chi connectivity index (χ4v) is 5.75. The number of nitrogens with zero attached hydrogens (tertiary/aromatic N) is 1. The average molecular weight is 515 g/mol. The molecule has 1 aliphatic heterocycles. The number of carbonyl (C=O) groups excluding carboxylic acids is 1. The molecule has 2 unspecified atom stereocenters. The maximum absolute atomic E-state index is 13.5. The van der Waals surface area contributed by atoms with Crippen LogP contribution in [-0.2, 0) is 17.8 Å². The first-order valence-electron chi connectivity index (χ1n) is 13.7. The van der Waals surface area contributed by atoms with Gasteiger partial charge in [-0.15, -0.1) is 0 Å². The van der Waals surface area contributed by atoms with Crippen LogP contribution in [0.15, 0.2) is 58.9 Å². The minimum atomic E-state index is -0.429. The van der Waals surface area contributed by atoms with Crippen molar-refractivity contribution in [1.29, 1.82) is 5.26 Å². The molecule has 0 spiro atoms. The zero-order valence-electron chi connectivity index (χ0n) is 22.9. The number of allylic oxidation sites excluding steroid dienone is 4. The molecule has 0 saturated heterocycles. The first-order chi connectivity index (χ1) is 18.4. The highest BCUT2D eigenvalue weighted by molar-refractivity contribution is 6.00. The average Bonchev–Trinajstić information content (AvgIpc) is 2.88. The second-order valence-electron chi connectivity index (χ2n) is 10.2. The zero-order valence-corrected chi connectivity index (χ0v) is 22.9. The first kappa shape index (κ1) is 27.3. The van der Waals surface area contributed by atoms with Gasteiger partial charge < -0.3 is 19.9 Å². The number of hydrogen-bond acceptors (Lipinski definition) is 6. The van der Waals surface area contributed by atoms with Crippen LogP contribution in [0, 0.1) is 17.2 Å². The van der Waals surface area contributed by atoms with Crippen molar-refractivity contribution >= 4 is 5.78 Å². The van der Waals surface area contributed by atoms with Crippen LogP contribution in [0.25, 0.3) is 0 Å². The summed E-state index contributed by atoms with van der Waals surface area (Å²) >= 11 is 0. The van der Waals surface area contributed by atoms with Gasteiger partial charge in [-0.1, -0.05) is 44.9 Å². The van der Waals surface area contributed by atoms with E-state index in [1.54, 1.807) is 18.2 Å². The van der Waals surface area contributed by atoms with Gasteiger partial charge in [0.25, 0.3) is 0 Å². The Hall–Kier alpha value is -3.72. The predicted molar refractivity (Wildman–Crippen MR) is 148 cm³/mol. The van der Waals surface area contributed by atoms with Crippen LogP contribution in [0.2, 0.25) is 0 Å². The topological polar surface area (TPSA) is 91.6 Å². The molecule has 2 aromatic rings. The van der Waals surface area contributed by atoms with E-state index in [4.69, 9.17) is 9.47 Å². The first-order valence-corrected chi connectivity index (χ1v) is 13.7. The molecule has 2 atom stereocenters. The van der Waals surface area contributed by atoms with Crippen molar-refractivity contribution in [1.82, 2.24) is 5.32 Å². The molecule has 2 N–H and O–H groups in total. The van der Waals surface area contributed by atoms with E-state index in [2.05, 4.69) is 31.3 Å². The van der Waals surface area contributed by atoms with Gasteiger partial charge in [0.05, 0.1) is 24.2 Å². The minimum Gasteiger partial charge on any atom is -0.508 e. The van der Waals surface area contributed by atoms with Crippen LogP contribution in [0.1, 0.15) is 82.4 Å². The number of Topliss-reactive ketones (excluding diaryl/α,β-unsaturated/α-hetero) is 1. The molecule has 200 valence electrons. The third kappa shape index (κ3) is 5.72. The maximum Gasteiger partial charge on any atom is 0.164 e. The number of benzene rings is 2. The molecule has 2 aromatic carbocycles. The molecule has 0 fully saturated rings. The summed E-state index contributed by atoms with van der Waals surface area (Å²) in [6, 6.07) is 13.4. The highest BCUT2D eigenvalue weighted by Gasteiger charge is 2.39. The molecule has 0 bridgehead atoms. The number of nitriles is 1. The van der Waals surface area contributed by atoms with E-state index < -0.39 is 5.92 Å². The van der Waals surface area contributed by atoms with Gasteiger partial charge in [-0.25, -0.2) is 0 Å². The van der Waals surface area contributed by atoms with Gasteiger partial charge in [-0.2, -0.15) is 5.26 Å². The number of hydrogen-bond donors (Lipinski definition) is 2. The van der Waals surface area contributed by atoms with Crippen LogP contribution >= 0.6 is 0 Å². The van der Waals surface area contributed by atoms with Crippen LogP contribution in [0.3, 0.4) is 0 Å². The molecule has 0 aromatic heterocycles. The lowest BCUT2D eigenvalue weighted by Crippen LogP contribution is -2.34. The number of dihydropyridines is 1. The number of nitrogens with one attached hydrogen (secondary N) is 1. The number of aromatic hydroxyl groups is 1. The summed E-state index contributed by atoms with van der Waals surface area (Å²) in [5, 5.41) is 23.4. The predicted octanol–water partition coefficient (Wildman–Crippen LogP) is 6.84. The number of ether oxygens (including phenoxy) is 2. The molecule has 2 aliphatic rings. The van der Waals surface area contributed by atoms with E-state index in [1.165, 1.54) is 0 Å². The Kier molecular flexibility index (Phi) is 8.78. The lowest BCUT2D eigenvalue weighted by Gasteiger charge is -2.36. The van der Waals surface area contributed by atoms with Crippen molar-refractivity contribution in [3.8, 4) is 23.3 Å². The largest absolute Gasteiger partial charge is 0.508 e. The van der Waals surface area contributed by atoms with Gasteiger partial charge in [0.15, 0.2) is 17.3 Å². The second kappa shape index (κ2) is 12.2. The number of phenols is 1. The van der Waals surface area contributed by atoms with Gasteiger partial charge in [0.2, 0.25) is 0 Å². The SMILES string of the molecule is CCCc1cc(C2C(C#N)=C(C)NC3=C2C(=O)CC(CCC)C3)cc(OCC)c1OCc1cccc(O)c1. The van der Waals surface area contributed by atoms with Gasteiger partial charge in [-0.3, -0.25) is 4.79 Å². The Morgan fingerprint density at radius 1 is 1.11 bits per heavy atom. The van der Waals surface area contributed by atoms with E-state index in [0.717, 1.165) is 65.8 Å². The van der Waals surface area contributed by atoms with Crippen LogP contribution < -0.4 is 14.8 Å². The molecular formula is C32H38N2O4. The number of phenolic OH excluding ortho intramolecular Hbond substituents is 1. The molecule has 6 heteroatoms. The van der Waals surface area contributed by atoms with Crippen molar-refractivity contribution in [2.24, 2.45) is 5.92 Å². The van der Waals surface area contributed by atoms with E-state index in [-0.39, 0.29) is 18.1 Å². The lowest BCUT2D eigenvalue weighted by atomic mass is 9.72. The normalized spacial score (nSPS) is 19.1. The van der Waals surface area contributed by atoms with E-state index >= 15 is 0 Å². The third-order valence-electron chi connectivity index (χ3n) is 7.33. The van der Waals surface area contributed by atoms with Gasteiger partial charge >= 0.3 is 0 Å².